The van der Waals surface area contributed by atoms with E-state index in [1.54, 1.807) is 6.20 Å². The molecule has 0 aromatic rings. The summed E-state index contributed by atoms with van der Waals surface area (Å²) in [6, 6.07) is 0. The van der Waals surface area contributed by atoms with Gasteiger partial charge in [-0.1, -0.05) is 19.4 Å². The van der Waals surface area contributed by atoms with Crippen molar-refractivity contribution < 1.29 is 0 Å². The summed E-state index contributed by atoms with van der Waals surface area (Å²) < 4.78 is 0. The van der Waals surface area contributed by atoms with Gasteiger partial charge in [-0.05, 0) is 19.0 Å². The lowest BCUT2D eigenvalue weighted by atomic mass is 10.2. The van der Waals surface area contributed by atoms with Crippen molar-refractivity contribution in [3.63, 3.8) is 0 Å². The molecular formula is C6H13N. The van der Waals surface area contributed by atoms with Gasteiger partial charge in [-0.15, -0.1) is 0 Å². The van der Waals surface area contributed by atoms with E-state index in [1.807, 2.05) is 0 Å². The molecule has 0 aliphatic rings. The lowest BCUT2D eigenvalue weighted by Crippen LogP contribution is -1.84. The molecule has 0 fully saturated rings. The van der Waals surface area contributed by atoms with Crippen molar-refractivity contribution in [1.29, 1.82) is 0 Å². The van der Waals surface area contributed by atoms with Crippen molar-refractivity contribution in [3.05, 3.63) is 11.8 Å². The Balaban J connectivity index is 3.38. The predicted octanol–water partition coefficient (Wildman–Crippen LogP) is 1.65. The second-order valence-electron chi connectivity index (χ2n) is 1.53. The molecule has 0 heterocycles. The summed E-state index contributed by atoms with van der Waals surface area (Å²) in [6.07, 6.45) is 3.88. The summed E-state index contributed by atoms with van der Waals surface area (Å²) in [4.78, 5) is 0. The minimum absolute atomic E-state index is 1.09. The molecule has 0 aromatic heterocycles. The molecule has 0 amide bonds. The number of allylic oxidation sites excluding steroid dienone is 1. The number of rotatable bonds is 2. The summed E-state index contributed by atoms with van der Waals surface area (Å²) >= 11 is 0. The van der Waals surface area contributed by atoms with Crippen LogP contribution < -0.4 is 5.73 Å². The van der Waals surface area contributed by atoms with E-state index >= 15 is 0 Å². The molecular weight excluding hydrogens is 86.1 g/mol. The average Bonchev–Trinajstić information content (AvgIpc) is 1.72. The Kier molecular flexibility index (Phi) is 3.48. The minimum Gasteiger partial charge on any atom is -0.405 e. The van der Waals surface area contributed by atoms with Crippen molar-refractivity contribution in [2.24, 2.45) is 5.73 Å². The Hall–Kier alpha value is -0.460. The third-order valence-electron chi connectivity index (χ3n) is 1.14. The zero-order valence-electron chi connectivity index (χ0n) is 5.07. The average molecular weight is 99.2 g/mol. The molecule has 0 unspecified atom stereocenters. The minimum atomic E-state index is 1.09. The van der Waals surface area contributed by atoms with Crippen LogP contribution in [0.2, 0.25) is 0 Å². The van der Waals surface area contributed by atoms with Crippen LogP contribution in [0.15, 0.2) is 11.8 Å². The zero-order valence-corrected chi connectivity index (χ0v) is 5.07. The fourth-order valence-corrected chi connectivity index (χ4v) is 0.486. The molecule has 0 spiro atoms. The second-order valence-corrected chi connectivity index (χ2v) is 1.53. The van der Waals surface area contributed by atoms with Crippen molar-refractivity contribution in [1.82, 2.24) is 0 Å². The van der Waals surface area contributed by atoms with Crippen molar-refractivity contribution in [2.45, 2.75) is 26.7 Å². The van der Waals surface area contributed by atoms with Gasteiger partial charge in [-0.25, -0.2) is 0 Å². The summed E-state index contributed by atoms with van der Waals surface area (Å²) in [7, 11) is 0. The molecule has 0 saturated heterocycles. The van der Waals surface area contributed by atoms with Crippen LogP contribution in [0.25, 0.3) is 0 Å². The molecule has 0 rings (SSSR count). The van der Waals surface area contributed by atoms with E-state index in [9.17, 15) is 0 Å². The summed E-state index contributed by atoms with van der Waals surface area (Å²) in [5.74, 6) is 0. The molecule has 2 N–H and O–H groups in total. The molecule has 0 radical (unpaired) electrons. The highest BCUT2D eigenvalue weighted by atomic mass is 14.5. The fourth-order valence-electron chi connectivity index (χ4n) is 0.486. The Morgan fingerprint density at radius 3 is 1.86 bits per heavy atom. The van der Waals surface area contributed by atoms with Crippen molar-refractivity contribution in [3.8, 4) is 0 Å². The Morgan fingerprint density at radius 1 is 1.43 bits per heavy atom. The van der Waals surface area contributed by atoms with Gasteiger partial charge in [0.15, 0.2) is 0 Å². The third kappa shape index (κ3) is 2.26. The van der Waals surface area contributed by atoms with Gasteiger partial charge in [0.05, 0.1) is 0 Å². The monoisotopic (exact) mass is 99.1 g/mol. The van der Waals surface area contributed by atoms with Crippen molar-refractivity contribution in [2.75, 3.05) is 0 Å². The lowest BCUT2D eigenvalue weighted by molar-refractivity contribution is 0.969. The Morgan fingerprint density at radius 2 is 1.86 bits per heavy atom. The molecule has 1 heteroatoms. The van der Waals surface area contributed by atoms with Crippen LogP contribution in [-0.4, -0.2) is 0 Å². The van der Waals surface area contributed by atoms with Gasteiger partial charge < -0.3 is 5.73 Å². The summed E-state index contributed by atoms with van der Waals surface area (Å²) in [5.41, 5.74) is 6.57. The molecule has 0 aliphatic heterocycles. The first-order chi connectivity index (χ1) is 3.35. The van der Waals surface area contributed by atoms with Gasteiger partial charge in [0, 0.05) is 0 Å². The quantitative estimate of drug-likeness (QED) is 0.559. The molecule has 0 saturated carbocycles. The molecule has 0 aromatic carbocycles. The van der Waals surface area contributed by atoms with Crippen molar-refractivity contribution >= 4 is 0 Å². The standard InChI is InChI=1S/C6H13N/c1-3-6(4-2)5-7/h5H,3-4,7H2,1-2H3. The van der Waals surface area contributed by atoms with E-state index in [0.29, 0.717) is 0 Å². The first kappa shape index (κ1) is 6.54. The first-order valence-electron chi connectivity index (χ1n) is 2.74. The fraction of sp³-hybridized carbons (Fsp3) is 0.667. The third-order valence-corrected chi connectivity index (χ3v) is 1.14. The molecule has 0 aliphatic carbocycles. The highest BCUT2D eigenvalue weighted by Gasteiger charge is 1.82. The normalized spacial score (nSPS) is 8.29. The van der Waals surface area contributed by atoms with Gasteiger partial charge in [-0.3, -0.25) is 0 Å². The van der Waals surface area contributed by atoms with Gasteiger partial charge in [-0.2, -0.15) is 0 Å². The molecule has 42 valence electrons. The topological polar surface area (TPSA) is 26.0 Å². The van der Waals surface area contributed by atoms with Crippen LogP contribution >= 0.6 is 0 Å². The van der Waals surface area contributed by atoms with E-state index in [4.69, 9.17) is 5.73 Å². The highest BCUT2D eigenvalue weighted by molar-refractivity contribution is 4.96. The second kappa shape index (κ2) is 3.72. The van der Waals surface area contributed by atoms with Crippen LogP contribution in [0.1, 0.15) is 26.7 Å². The number of hydrogen-bond donors (Lipinski definition) is 1. The lowest BCUT2D eigenvalue weighted by Gasteiger charge is -1.93. The summed E-state index contributed by atoms with van der Waals surface area (Å²) in [6.45, 7) is 4.23. The largest absolute Gasteiger partial charge is 0.405 e. The SMILES string of the molecule is CCC(=CN)CC. The molecule has 0 bridgehead atoms. The number of hydrogen-bond acceptors (Lipinski definition) is 1. The van der Waals surface area contributed by atoms with Crippen LogP contribution in [0, 0.1) is 0 Å². The maximum absolute atomic E-state index is 5.23. The maximum atomic E-state index is 5.23. The number of nitrogens with two attached hydrogens (primary N) is 1. The van der Waals surface area contributed by atoms with E-state index in [2.05, 4.69) is 13.8 Å². The van der Waals surface area contributed by atoms with Crippen LogP contribution in [0.5, 0.6) is 0 Å². The van der Waals surface area contributed by atoms with E-state index < -0.39 is 0 Å². The van der Waals surface area contributed by atoms with Gasteiger partial charge >= 0.3 is 0 Å². The van der Waals surface area contributed by atoms with Crippen LogP contribution in [0.3, 0.4) is 0 Å². The van der Waals surface area contributed by atoms with Crippen LogP contribution in [-0.2, 0) is 0 Å². The van der Waals surface area contributed by atoms with E-state index in [0.717, 1.165) is 12.8 Å². The Labute approximate surface area is 45.2 Å². The molecule has 7 heavy (non-hydrogen) atoms. The van der Waals surface area contributed by atoms with E-state index in [-0.39, 0.29) is 0 Å². The Bertz CT molecular complexity index is 58.6. The maximum Gasteiger partial charge on any atom is -0.00707 e. The zero-order chi connectivity index (χ0) is 5.70. The molecule has 0 atom stereocenters. The van der Waals surface area contributed by atoms with Gasteiger partial charge in [0.1, 0.15) is 0 Å². The van der Waals surface area contributed by atoms with Gasteiger partial charge in [0.2, 0.25) is 0 Å². The molecule has 1 nitrogen and oxygen atoms in total. The smallest absolute Gasteiger partial charge is 0.00707 e. The summed E-state index contributed by atoms with van der Waals surface area (Å²) in [5, 5.41) is 0. The first-order valence-corrected chi connectivity index (χ1v) is 2.74. The highest BCUT2D eigenvalue weighted by Crippen LogP contribution is 2.00. The van der Waals surface area contributed by atoms with E-state index in [1.165, 1.54) is 5.57 Å². The predicted molar refractivity (Wildman–Crippen MR) is 32.9 cm³/mol. The van der Waals surface area contributed by atoms with Crippen LogP contribution in [0.4, 0.5) is 0 Å². The van der Waals surface area contributed by atoms with Gasteiger partial charge in [0.25, 0.3) is 0 Å².